The molecule has 3 heterocycles. The zero-order chi connectivity index (χ0) is 13.3. The van der Waals surface area contributed by atoms with Crippen molar-refractivity contribution < 1.29 is 24.2 Å². The van der Waals surface area contributed by atoms with Crippen molar-refractivity contribution in [1.29, 1.82) is 0 Å². The molecule has 0 spiro atoms. The third-order valence-corrected chi connectivity index (χ3v) is 3.63. The maximum Gasteiger partial charge on any atom is 0.329 e. The summed E-state index contributed by atoms with van der Waals surface area (Å²) in [5.41, 5.74) is 0. The Bertz CT molecular complexity index is 381. The van der Waals surface area contributed by atoms with Crippen LogP contribution in [-0.2, 0) is 19.1 Å². The fourth-order valence-electron chi connectivity index (χ4n) is 2.40. The Labute approximate surface area is 105 Å². The van der Waals surface area contributed by atoms with E-state index in [2.05, 4.69) is 0 Å². The van der Waals surface area contributed by atoms with Crippen LogP contribution in [0.15, 0.2) is 0 Å². The first kappa shape index (κ1) is 12.9. The van der Waals surface area contributed by atoms with Gasteiger partial charge in [-0.2, -0.15) is 0 Å². The third-order valence-electron chi connectivity index (χ3n) is 3.63. The van der Waals surface area contributed by atoms with Gasteiger partial charge in [0, 0.05) is 6.42 Å². The summed E-state index contributed by atoms with van der Waals surface area (Å²) >= 11 is 0. The van der Waals surface area contributed by atoms with Crippen LogP contribution in [0.4, 0.5) is 0 Å². The maximum atomic E-state index is 12.0. The van der Waals surface area contributed by atoms with Gasteiger partial charge in [-0.3, -0.25) is 9.59 Å². The van der Waals surface area contributed by atoms with Gasteiger partial charge in [-0.05, 0) is 19.3 Å². The summed E-state index contributed by atoms with van der Waals surface area (Å²) in [6.45, 7) is 2.03. The fourth-order valence-corrected chi connectivity index (χ4v) is 2.40. The molecule has 3 aliphatic heterocycles. The molecular formula is C12H17NO5. The molecule has 3 atom stereocenters. The predicted molar refractivity (Wildman–Crippen MR) is 60.6 cm³/mol. The standard InChI is InChI=1S/C12H17NO5/c1-7(11(15)16)2-5-10(14)13-6-8-3-4-9(13)12(17)18-8/h7-9H,2-6H2,1H3,(H,15,16)/t7-,8-,9-/m0/s1. The molecule has 0 aromatic carbocycles. The Morgan fingerprint density at radius 2 is 2.22 bits per heavy atom. The van der Waals surface area contributed by atoms with Crippen LogP contribution in [0.3, 0.4) is 0 Å². The number of carbonyl (C=O) groups is 3. The van der Waals surface area contributed by atoms with Crippen molar-refractivity contribution in [2.75, 3.05) is 6.54 Å². The zero-order valence-electron chi connectivity index (χ0n) is 10.3. The maximum absolute atomic E-state index is 12.0. The predicted octanol–water partition coefficient (Wildman–Crippen LogP) is 0.404. The van der Waals surface area contributed by atoms with Crippen LogP contribution >= 0.6 is 0 Å². The highest BCUT2D eigenvalue weighted by molar-refractivity contribution is 5.86. The molecule has 100 valence electrons. The summed E-state index contributed by atoms with van der Waals surface area (Å²) in [6.07, 6.45) is 1.76. The van der Waals surface area contributed by atoms with E-state index in [-0.39, 0.29) is 24.4 Å². The van der Waals surface area contributed by atoms with Gasteiger partial charge in [0.25, 0.3) is 0 Å². The second kappa shape index (κ2) is 4.96. The number of amides is 1. The Morgan fingerprint density at radius 3 is 2.78 bits per heavy atom. The summed E-state index contributed by atoms with van der Waals surface area (Å²) in [7, 11) is 0. The van der Waals surface area contributed by atoms with Crippen LogP contribution in [0.5, 0.6) is 0 Å². The number of esters is 1. The normalized spacial score (nSPS) is 27.8. The van der Waals surface area contributed by atoms with Crippen LogP contribution in [0.25, 0.3) is 0 Å². The number of carboxylic acids is 1. The number of hydrogen-bond donors (Lipinski definition) is 1. The van der Waals surface area contributed by atoms with Gasteiger partial charge in [0.15, 0.2) is 0 Å². The molecule has 0 saturated carbocycles. The molecule has 3 saturated heterocycles. The van der Waals surface area contributed by atoms with Crippen molar-refractivity contribution in [3.8, 4) is 0 Å². The van der Waals surface area contributed by atoms with Crippen LogP contribution in [0.1, 0.15) is 32.6 Å². The van der Waals surface area contributed by atoms with E-state index in [1.54, 1.807) is 11.8 Å². The molecular weight excluding hydrogens is 238 g/mol. The molecule has 3 rings (SSSR count). The minimum atomic E-state index is -0.901. The van der Waals surface area contributed by atoms with E-state index in [0.717, 1.165) is 6.42 Å². The van der Waals surface area contributed by atoms with Crippen molar-refractivity contribution >= 4 is 17.8 Å². The molecule has 6 nitrogen and oxygen atoms in total. The number of ether oxygens (including phenoxy) is 1. The number of carbonyl (C=O) groups excluding carboxylic acids is 2. The molecule has 0 aliphatic carbocycles. The van der Waals surface area contributed by atoms with E-state index in [4.69, 9.17) is 9.84 Å². The monoisotopic (exact) mass is 255 g/mol. The van der Waals surface area contributed by atoms with Crippen LogP contribution < -0.4 is 0 Å². The molecule has 3 aliphatic rings. The topological polar surface area (TPSA) is 83.9 Å². The molecule has 0 aromatic rings. The van der Waals surface area contributed by atoms with E-state index < -0.39 is 17.9 Å². The Morgan fingerprint density at radius 1 is 1.50 bits per heavy atom. The molecule has 0 radical (unpaired) electrons. The van der Waals surface area contributed by atoms with Gasteiger partial charge in [0.2, 0.25) is 5.91 Å². The van der Waals surface area contributed by atoms with Gasteiger partial charge in [-0.25, -0.2) is 4.79 Å². The van der Waals surface area contributed by atoms with Crippen molar-refractivity contribution in [3.05, 3.63) is 0 Å². The van der Waals surface area contributed by atoms with Crippen molar-refractivity contribution in [3.63, 3.8) is 0 Å². The van der Waals surface area contributed by atoms with E-state index in [9.17, 15) is 14.4 Å². The number of nitrogens with zero attached hydrogens (tertiary/aromatic N) is 1. The minimum absolute atomic E-state index is 0.144. The second-order valence-electron chi connectivity index (χ2n) is 4.98. The minimum Gasteiger partial charge on any atom is -0.481 e. The first-order valence-electron chi connectivity index (χ1n) is 6.22. The highest BCUT2D eigenvalue weighted by Gasteiger charge is 2.43. The van der Waals surface area contributed by atoms with Gasteiger partial charge in [-0.1, -0.05) is 6.92 Å². The van der Waals surface area contributed by atoms with Gasteiger partial charge < -0.3 is 14.7 Å². The van der Waals surface area contributed by atoms with E-state index in [1.165, 1.54) is 0 Å². The number of morpholine rings is 1. The summed E-state index contributed by atoms with van der Waals surface area (Å²) < 4.78 is 5.10. The largest absolute Gasteiger partial charge is 0.481 e. The first-order chi connectivity index (χ1) is 8.49. The summed E-state index contributed by atoms with van der Waals surface area (Å²) in [5, 5.41) is 8.75. The number of aliphatic carboxylic acids is 1. The lowest BCUT2D eigenvalue weighted by molar-refractivity contribution is -0.181. The van der Waals surface area contributed by atoms with Crippen LogP contribution in [-0.4, -0.2) is 46.5 Å². The Balaban J connectivity index is 1.90. The van der Waals surface area contributed by atoms with E-state index in [1.807, 2.05) is 0 Å². The van der Waals surface area contributed by atoms with Crippen molar-refractivity contribution in [2.24, 2.45) is 5.92 Å². The van der Waals surface area contributed by atoms with E-state index >= 15 is 0 Å². The quantitative estimate of drug-likeness (QED) is 0.735. The molecule has 6 heteroatoms. The van der Waals surface area contributed by atoms with Gasteiger partial charge in [0.1, 0.15) is 12.1 Å². The van der Waals surface area contributed by atoms with Gasteiger partial charge in [-0.15, -0.1) is 0 Å². The number of rotatable bonds is 4. The number of carboxylic acid groups (broad SMARTS) is 1. The van der Waals surface area contributed by atoms with Crippen molar-refractivity contribution in [2.45, 2.75) is 44.8 Å². The Hall–Kier alpha value is -1.59. The summed E-state index contributed by atoms with van der Waals surface area (Å²) in [5.74, 6) is -1.91. The lowest BCUT2D eigenvalue weighted by atomic mass is 9.95. The molecule has 1 amide bonds. The average molecular weight is 255 g/mol. The molecule has 1 N–H and O–H groups in total. The van der Waals surface area contributed by atoms with Gasteiger partial charge in [0.05, 0.1) is 12.5 Å². The molecule has 0 aromatic heterocycles. The average Bonchev–Trinajstić information content (AvgIpc) is 2.35. The lowest BCUT2D eigenvalue weighted by Gasteiger charge is -2.43. The summed E-state index contributed by atoms with van der Waals surface area (Å²) in [6, 6.07) is -0.456. The van der Waals surface area contributed by atoms with E-state index in [0.29, 0.717) is 19.4 Å². The number of piperidine rings is 1. The Kier molecular flexibility index (Phi) is 3.54. The van der Waals surface area contributed by atoms with Crippen LogP contribution in [0.2, 0.25) is 0 Å². The van der Waals surface area contributed by atoms with Gasteiger partial charge >= 0.3 is 11.9 Å². The smallest absolute Gasteiger partial charge is 0.329 e. The molecule has 18 heavy (non-hydrogen) atoms. The number of fused-ring (bicyclic) bond motifs is 3. The number of hydrogen-bond acceptors (Lipinski definition) is 4. The summed E-state index contributed by atoms with van der Waals surface area (Å²) in [4.78, 5) is 35.7. The molecule has 3 fully saturated rings. The highest BCUT2D eigenvalue weighted by Crippen LogP contribution is 2.28. The van der Waals surface area contributed by atoms with Crippen molar-refractivity contribution in [1.82, 2.24) is 4.90 Å². The highest BCUT2D eigenvalue weighted by atomic mass is 16.6. The van der Waals surface area contributed by atoms with Crippen LogP contribution in [0, 0.1) is 5.92 Å². The third kappa shape index (κ3) is 2.47. The molecule has 2 bridgehead atoms. The zero-order valence-corrected chi connectivity index (χ0v) is 10.3. The fraction of sp³-hybridized carbons (Fsp3) is 0.750. The molecule has 0 unspecified atom stereocenters. The first-order valence-corrected chi connectivity index (χ1v) is 6.22. The lowest BCUT2D eigenvalue weighted by Crippen LogP contribution is -2.59. The SMILES string of the molecule is C[C@@H](CCC(=O)N1C[C@@H]2CC[C@H]1C(=O)O2)C(=O)O. The second-order valence-corrected chi connectivity index (χ2v) is 4.98.